The van der Waals surface area contributed by atoms with Gasteiger partial charge < -0.3 is 10.2 Å². The summed E-state index contributed by atoms with van der Waals surface area (Å²) in [6, 6.07) is 4.26. The number of aryl methyl sites for hydroxylation is 1. The highest BCUT2D eigenvalue weighted by atomic mass is 32.1. The van der Waals surface area contributed by atoms with Crippen LogP contribution in [0.2, 0.25) is 0 Å². The summed E-state index contributed by atoms with van der Waals surface area (Å²) in [7, 11) is 1.91. The van der Waals surface area contributed by atoms with Gasteiger partial charge in [-0.15, -0.1) is 11.3 Å². The molecule has 0 aromatic carbocycles. The molecule has 0 unspecified atom stereocenters. The van der Waals surface area contributed by atoms with Crippen LogP contribution in [0.5, 0.6) is 0 Å². The van der Waals surface area contributed by atoms with Crippen LogP contribution in [0.15, 0.2) is 17.5 Å². The molecule has 2 aromatic heterocycles. The van der Waals surface area contributed by atoms with Crippen LogP contribution in [0.3, 0.4) is 0 Å². The minimum Gasteiger partial charge on any atom is -0.373 e. The average Bonchev–Trinajstić information content (AvgIpc) is 2.98. The number of hydrogen-bond donors (Lipinski definition) is 1. The second kappa shape index (κ2) is 6.70. The lowest BCUT2D eigenvalue weighted by atomic mass is 10.2. The van der Waals surface area contributed by atoms with Gasteiger partial charge in [0.05, 0.1) is 6.54 Å². The first-order chi connectivity index (χ1) is 9.69. The van der Waals surface area contributed by atoms with E-state index in [0.29, 0.717) is 0 Å². The van der Waals surface area contributed by atoms with Gasteiger partial charge in [0.15, 0.2) is 0 Å². The average molecular weight is 290 g/mol. The Hall–Kier alpha value is -1.62. The monoisotopic (exact) mass is 290 g/mol. The first-order valence-corrected chi connectivity index (χ1v) is 7.90. The number of rotatable bonds is 6. The number of thiophene rings is 1. The van der Waals surface area contributed by atoms with Gasteiger partial charge in [-0.3, -0.25) is 0 Å². The number of hydrogen-bond acceptors (Lipinski definition) is 5. The molecule has 0 bridgehead atoms. The Bertz CT molecular complexity index is 551. The van der Waals surface area contributed by atoms with Crippen LogP contribution >= 0.6 is 11.3 Å². The van der Waals surface area contributed by atoms with E-state index in [1.54, 1.807) is 11.3 Å². The Kier molecular flexibility index (Phi) is 4.95. The van der Waals surface area contributed by atoms with Crippen LogP contribution in [0.1, 0.15) is 30.1 Å². The van der Waals surface area contributed by atoms with Crippen LogP contribution in [-0.2, 0) is 13.0 Å². The normalized spacial score (nSPS) is 10.6. The van der Waals surface area contributed by atoms with Crippen LogP contribution in [0.25, 0.3) is 0 Å². The maximum Gasteiger partial charge on any atom is 0.137 e. The Balaban J connectivity index is 2.37. The van der Waals surface area contributed by atoms with Crippen molar-refractivity contribution in [2.24, 2.45) is 0 Å². The van der Waals surface area contributed by atoms with Gasteiger partial charge in [-0.1, -0.05) is 13.0 Å². The van der Waals surface area contributed by atoms with E-state index in [0.717, 1.165) is 42.5 Å². The summed E-state index contributed by atoms with van der Waals surface area (Å²) < 4.78 is 0. The van der Waals surface area contributed by atoms with Gasteiger partial charge in [-0.2, -0.15) is 0 Å². The van der Waals surface area contributed by atoms with E-state index in [2.05, 4.69) is 53.5 Å². The quantitative estimate of drug-likeness (QED) is 0.884. The molecule has 0 radical (unpaired) electrons. The standard InChI is InChI=1S/C15H22N4S/c1-5-13-17-14(16-4)11(3)15(18-13)19(6-2)10-12-8-7-9-20-12/h7-9H,5-6,10H2,1-4H3,(H,16,17,18). The SMILES string of the molecule is CCc1nc(NC)c(C)c(N(CC)Cc2cccs2)n1. The highest BCUT2D eigenvalue weighted by molar-refractivity contribution is 7.09. The summed E-state index contributed by atoms with van der Waals surface area (Å²) in [5.41, 5.74) is 1.11. The Morgan fingerprint density at radius 2 is 2.10 bits per heavy atom. The summed E-state index contributed by atoms with van der Waals surface area (Å²) in [4.78, 5) is 12.9. The molecule has 5 heteroatoms. The molecule has 1 N–H and O–H groups in total. The van der Waals surface area contributed by atoms with Crippen molar-refractivity contribution >= 4 is 23.0 Å². The molecular weight excluding hydrogens is 268 g/mol. The zero-order valence-corrected chi connectivity index (χ0v) is 13.4. The van der Waals surface area contributed by atoms with E-state index in [9.17, 15) is 0 Å². The number of nitrogens with zero attached hydrogens (tertiary/aromatic N) is 3. The van der Waals surface area contributed by atoms with E-state index in [1.165, 1.54) is 4.88 Å². The van der Waals surface area contributed by atoms with Crippen LogP contribution in [-0.4, -0.2) is 23.6 Å². The zero-order valence-electron chi connectivity index (χ0n) is 12.6. The van der Waals surface area contributed by atoms with Gasteiger partial charge in [-0.05, 0) is 25.3 Å². The van der Waals surface area contributed by atoms with E-state index in [1.807, 2.05) is 7.05 Å². The lowest BCUT2D eigenvalue weighted by molar-refractivity contribution is 0.798. The molecular formula is C15H22N4S. The minimum absolute atomic E-state index is 0.846. The molecule has 0 amide bonds. The van der Waals surface area contributed by atoms with Crippen molar-refractivity contribution in [3.63, 3.8) is 0 Å². The van der Waals surface area contributed by atoms with Crippen molar-refractivity contribution in [2.45, 2.75) is 33.7 Å². The fraction of sp³-hybridized carbons (Fsp3) is 0.467. The summed E-state index contributed by atoms with van der Waals surface area (Å²) in [5, 5.41) is 5.29. The second-order valence-corrected chi connectivity index (χ2v) is 5.67. The topological polar surface area (TPSA) is 41.1 Å². The third-order valence-electron chi connectivity index (χ3n) is 3.33. The van der Waals surface area contributed by atoms with Crippen molar-refractivity contribution < 1.29 is 0 Å². The minimum atomic E-state index is 0.846. The molecule has 108 valence electrons. The first-order valence-electron chi connectivity index (χ1n) is 7.02. The molecule has 0 atom stereocenters. The number of anilines is 2. The van der Waals surface area contributed by atoms with Crippen molar-refractivity contribution in [2.75, 3.05) is 23.8 Å². The van der Waals surface area contributed by atoms with Crippen molar-refractivity contribution in [3.05, 3.63) is 33.8 Å². The van der Waals surface area contributed by atoms with E-state index in [-0.39, 0.29) is 0 Å². The van der Waals surface area contributed by atoms with Gasteiger partial charge in [-0.25, -0.2) is 9.97 Å². The molecule has 4 nitrogen and oxygen atoms in total. The number of nitrogens with one attached hydrogen (secondary N) is 1. The zero-order chi connectivity index (χ0) is 14.5. The number of aromatic nitrogens is 2. The molecule has 20 heavy (non-hydrogen) atoms. The van der Waals surface area contributed by atoms with Gasteiger partial charge in [0.1, 0.15) is 17.5 Å². The maximum absolute atomic E-state index is 4.73. The fourth-order valence-electron chi connectivity index (χ4n) is 2.19. The Morgan fingerprint density at radius 3 is 2.65 bits per heavy atom. The molecule has 0 aliphatic heterocycles. The smallest absolute Gasteiger partial charge is 0.137 e. The molecule has 2 aromatic rings. The Morgan fingerprint density at radius 1 is 1.30 bits per heavy atom. The largest absolute Gasteiger partial charge is 0.373 e. The fourth-order valence-corrected chi connectivity index (χ4v) is 2.91. The predicted molar refractivity (Wildman–Crippen MR) is 86.7 cm³/mol. The van der Waals surface area contributed by atoms with Crippen molar-refractivity contribution in [1.29, 1.82) is 0 Å². The summed E-state index contributed by atoms with van der Waals surface area (Å²) in [6.45, 7) is 8.17. The van der Waals surface area contributed by atoms with Crippen LogP contribution < -0.4 is 10.2 Å². The van der Waals surface area contributed by atoms with Gasteiger partial charge in [0.25, 0.3) is 0 Å². The lowest BCUT2D eigenvalue weighted by Crippen LogP contribution is -2.24. The van der Waals surface area contributed by atoms with Gasteiger partial charge in [0.2, 0.25) is 0 Å². The highest BCUT2D eigenvalue weighted by Gasteiger charge is 2.15. The third-order valence-corrected chi connectivity index (χ3v) is 4.19. The van der Waals surface area contributed by atoms with Crippen LogP contribution in [0, 0.1) is 6.92 Å². The predicted octanol–water partition coefficient (Wildman–Crippen LogP) is 3.48. The summed E-state index contributed by atoms with van der Waals surface area (Å²) in [5.74, 6) is 2.85. The highest BCUT2D eigenvalue weighted by Crippen LogP contribution is 2.25. The molecule has 0 aliphatic carbocycles. The first kappa shape index (κ1) is 14.8. The molecule has 0 spiro atoms. The summed E-state index contributed by atoms with van der Waals surface area (Å²) >= 11 is 1.79. The van der Waals surface area contributed by atoms with E-state index < -0.39 is 0 Å². The molecule has 0 saturated heterocycles. The van der Waals surface area contributed by atoms with Crippen LogP contribution in [0.4, 0.5) is 11.6 Å². The third kappa shape index (κ3) is 3.10. The summed E-state index contributed by atoms with van der Waals surface area (Å²) in [6.07, 6.45) is 0.846. The molecule has 2 rings (SSSR count). The van der Waals surface area contributed by atoms with Gasteiger partial charge in [0, 0.05) is 30.5 Å². The Labute approximate surface area is 124 Å². The van der Waals surface area contributed by atoms with Crippen molar-refractivity contribution in [1.82, 2.24) is 9.97 Å². The molecule has 0 saturated carbocycles. The van der Waals surface area contributed by atoms with Crippen molar-refractivity contribution in [3.8, 4) is 0 Å². The second-order valence-electron chi connectivity index (χ2n) is 4.63. The van der Waals surface area contributed by atoms with E-state index in [4.69, 9.17) is 4.98 Å². The molecule has 2 heterocycles. The molecule has 0 fully saturated rings. The maximum atomic E-state index is 4.73. The van der Waals surface area contributed by atoms with Gasteiger partial charge >= 0.3 is 0 Å². The molecule has 0 aliphatic rings. The lowest BCUT2D eigenvalue weighted by Gasteiger charge is -2.24. The van der Waals surface area contributed by atoms with E-state index >= 15 is 0 Å².